The first-order valence-electron chi connectivity index (χ1n) is 7.76. The van der Waals surface area contributed by atoms with Crippen LogP contribution in [0, 0.1) is 0 Å². The van der Waals surface area contributed by atoms with Gasteiger partial charge in [-0.15, -0.1) is 0 Å². The summed E-state index contributed by atoms with van der Waals surface area (Å²) >= 11 is 17.1. The molecule has 0 aliphatic heterocycles. The van der Waals surface area contributed by atoms with Crippen molar-refractivity contribution < 1.29 is 4.79 Å². The van der Waals surface area contributed by atoms with Crippen LogP contribution in [0.25, 0.3) is 11.1 Å². The van der Waals surface area contributed by atoms with Gasteiger partial charge in [0.25, 0.3) is 5.91 Å². The Kier molecular flexibility index (Phi) is 5.89. The number of carbonyl (C=O) groups excluding carboxylic acids is 1. The molecule has 0 spiro atoms. The number of amides is 1. The van der Waals surface area contributed by atoms with E-state index in [9.17, 15) is 4.79 Å². The van der Waals surface area contributed by atoms with Crippen LogP contribution in [0.4, 0.5) is 5.69 Å². The molecule has 3 aromatic rings. The van der Waals surface area contributed by atoms with Crippen molar-refractivity contribution in [2.24, 2.45) is 0 Å². The number of anilines is 1. The predicted octanol–water partition coefficient (Wildman–Crippen LogP) is 5.79. The Bertz CT molecular complexity index is 944. The van der Waals surface area contributed by atoms with E-state index in [1.807, 2.05) is 42.5 Å². The average molecular weight is 401 g/mol. The summed E-state index contributed by atoms with van der Waals surface area (Å²) in [6.45, 7) is 0. The summed E-state index contributed by atoms with van der Waals surface area (Å²) in [6, 6.07) is 22.2. The average Bonchev–Trinajstić information content (AvgIpc) is 2.65. The van der Waals surface area contributed by atoms with Gasteiger partial charge in [-0.1, -0.05) is 65.7 Å². The SMILES string of the molecule is O=C(NC(=S)Nc1ccc(Cl)cc1Cl)c1ccc(-c2ccccc2)cc1. The van der Waals surface area contributed by atoms with E-state index in [4.69, 9.17) is 35.4 Å². The molecule has 1 amide bonds. The van der Waals surface area contributed by atoms with Crippen LogP contribution < -0.4 is 10.6 Å². The van der Waals surface area contributed by atoms with E-state index in [1.54, 1.807) is 30.3 Å². The van der Waals surface area contributed by atoms with E-state index in [2.05, 4.69) is 10.6 Å². The Morgan fingerprint density at radius 3 is 2.15 bits per heavy atom. The molecule has 0 aliphatic carbocycles. The van der Waals surface area contributed by atoms with Crippen LogP contribution in [0.3, 0.4) is 0 Å². The summed E-state index contributed by atoms with van der Waals surface area (Å²) in [4.78, 5) is 12.3. The number of thiocarbonyl (C=S) groups is 1. The molecule has 26 heavy (non-hydrogen) atoms. The molecular formula is C20H14Cl2N2OS. The summed E-state index contributed by atoms with van der Waals surface area (Å²) in [5.74, 6) is -0.299. The lowest BCUT2D eigenvalue weighted by Crippen LogP contribution is -2.34. The molecule has 6 heteroatoms. The highest BCUT2D eigenvalue weighted by molar-refractivity contribution is 7.80. The van der Waals surface area contributed by atoms with Gasteiger partial charge >= 0.3 is 0 Å². The van der Waals surface area contributed by atoms with Gasteiger partial charge < -0.3 is 5.32 Å². The Labute approximate surface area is 167 Å². The molecule has 130 valence electrons. The normalized spacial score (nSPS) is 10.2. The zero-order valence-electron chi connectivity index (χ0n) is 13.5. The van der Waals surface area contributed by atoms with Crippen LogP contribution >= 0.6 is 35.4 Å². The van der Waals surface area contributed by atoms with E-state index >= 15 is 0 Å². The molecule has 0 aliphatic rings. The lowest BCUT2D eigenvalue weighted by Gasteiger charge is -2.11. The number of nitrogens with one attached hydrogen (secondary N) is 2. The van der Waals surface area contributed by atoms with Gasteiger partial charge in [0.05, 0.1) is 10.7 Å². The molecule has 2 N–H and O–H groups in total. The van der Waals surface area contributed by atoms with E-state index in [0.29, 0.717) is 21.3 Å². The fourth-order valence-corrected chi connectivity index (χ4v) is 3.02. The molecule has 0 bridgehead atoms. The van der Waals surface area contributed by atoms with Gasteiger partial charge in [-0.25, -0.2) is 0 Å². The minimum atomic E-state index is -0.299. The van der Waals surface area contributed by atoms with Crippen molar-refractivity contribution in [3.8, 4) is 11.1 Å². The lowest BCUT2D eigenvalue weighted by molar-refractivity contribution is 0.0978. The molecule has 0 saturated heterocycles. The van der Waals surface area contributed by atoms with Gasteiger partial charge in [0.1, 0.15) is 0 Å². The quantitative estimate of drug-likeness (QED) is 0.546. The molecule has 0 atom stereocenters. The van der Waals surface area contributed by atoms with Gasteiger partial charge in [0.15, 0.2) is 5.11 Å². The zero-order chi connectivity index (χ0) is 18.5. The smallest absolute Gasteiger partial charge is 0.257 e. The number of rotatable bonds is 3. The summed E-state index contributed by atoms with van der Waals surface area (Å²) < 4.78 is 0. The Morgan fingerprint density at radius 1 is 0.846 bits per heavy atom. The highest BCUT2D eigenvalue weighted by atomic mass is 35.5. The molecule has 3 rings (SSSR count). The van der Waals surface area contributed by atoms with Crippen LogP contribution in [0.2, 0.25) is 10.0 Å². The molecule has 0 aromatic heterocycles. The topological polar surface area (TPSA) is 41.1 Å². The molecular weight excluding hydrogens is 387 g/mol. The maximum Gasteiger partial charge on any atom is 0.257 e. The fourth-order valence-electron chi connectivity index (χ4n) is 2.36. The van der Waals surface area contributed by atoms with Crippen molar-refractivity contribution >= 4 is 52.1 Å². The van der Waals surface area contributed by atoms with Crippen LogP contribution in [0.5, 0.6) is 0 Å². The largest absolute Gasteiger partial charge is 0.331 e. The van der Waals surface area contributed by atoms with Gasteiger partial charge in [-0.3, -0.25) is 10.1 Å². The third kappa shape index (κ3) is 4.61. The van der Waals surface area contributed by atoms with E-state index in [0.717, 1.165) is 11.1 Å². The summed E-state index contributed by atoms with van der Waals surface area (Å²) in [5, 5.41) is 6.62. The molecule has 3 aromatic carbocycles. The number of carbonyl (C=O) groups is 1. The lowest BCUT2D eigenvalue weighted by atomic mass is 10.0. The van der Waals surface area contributed by atoms with Gasteiger partial charge in [0.2, 0.25) is 0 Å². The molecule has 0 unspecified atom stereocenters. The first kappa shape index (κ1) is 18.4. The number of halogens is 2. The van der Waals surface area contributed by atoms with Crippen LogP contribution in [0.15, 0.2) is 72.8 Å². The number of hydrogen-bond acceptors (Lipinski definition) is 2. The third-order valence-electron chi connectivity index (χ3n) is 3.66. The molecule has 0 saturated carbocycles. The highest BCUT2D eigenvalue weighted by Crippen LogP contribution is 2.25. The van der Waals surface area contributed by atoms with Crippen LogP contribution in [-0.4, -0.2) is 11.0 Å². The minimum absolute atomic E-state index is 0.159. The summed E-state index contributed by atoms with van der Waals surface area (Å²) in [7, 11) is 0. The third-order valence-corrected chi connectivity index (χ3v) is 4.41. The molecule has 3 nitrogen and oxygen atoms in total. The van der Waals surface area contributed by atoms with Crippen LogP contribution in [-0.2, 0) is 0 Å². The summed E-state index contributed by atoms with van der Waals surface area (Å²) in [5.41, 5.74) is 3.21. The van der Waals surface area contributed by atoms with Crippen molar-refractivity contribution in [1.82, 2.24) is 5.32 Å². The second-order valence-electron chi connectivity index (χ2n) is 5.48. The Morgan fingerprint density at radius 2 is 1.50 bits per heavy atom. The fraction of sp³-hybridized carbons (Fsp3) is 0. The van der Waals surface area contributed by atoms with Crippen LogP contribution in [0.1, 0.15) is 10.4 Å². The monoisotopic (exact) mass is 400 g/mol. The van der Waals surface area contributed by atoms with E-state index in [1.165, 1.54) is 0 Å². The van der Waals surface area contributed by atoms with Gasteiger partial charge in [-0.05, 0) is 53.7 Å². The Balaban J connectivity index is 1.65. The minimum Gasteiger partial charge on any atom is -0.331 e. The van der Waals surface area contributed by atoms with Crippen molar-refractivity contribution in [3.63, 3.8) is 0 Å². The second kappa shape index (κ2) is 8.32. The maximum atomic E-state index is 12.3. The van der Waals surface area contributed by atoms with Crippen molar-refractivity contribution in [2.45, 2.75) is 0 Å². The highest BCUT2D eigenvalue weighted by Gasteiger charge is 2.10. The van der Waals surface area contributed by atoms with E-state index in [-0.39, 0.29) is 11.0 Å². The summed E-state index contributed by atoms with van der Waals surface area (Å²) in [6.07, 6.45) is 0. The first-order valence-corrected chi connectivity index (χ1v) is 8.92. The van der Waals surface area contributed by atoms with Crippen molar-refractivity contribution in [3.05, 3.63) is 88.4 Å². The van der Waals surface area contributed by atoms with Crippen molar-refractivity contribution in [1.29, 1.82) is 0 Å². The first-order chi connectivity index (χ1) is 12.5. The molecule has 0 radical (unpaired) electrons. The van der Waals surface area contributed by atoms with Gasteiger partial charge in [-0.2, -0.15) is 0 Å². The van der Waals surface area contributed by atoms with Crippen molar-refractivity contribution in [2.75, 3.05) is 5.32 Å². The zero-order valence-corrected chi connectivity index (χ0v) is 15.8. The second-order valence-corrected chi connectivity index (χ2v) is 6.73. The van der Waals surface area contributed by atoms with Gasteiger partial charge in [0, 0.05) is 10.6 Å². The molecule has 0 heterocycles. The Hall–Kier alpha value is -2.40. The standard InChI is InChI=1S/C20H14Cl2N2OS/c21-16-10-11-18(17(22)12-16)23-20(26)24-19(25)15-8-6-14(7-9-15)13-4-2-1-3-5-13/h1-12H,(H2,23,24,25,26). The number of benzene rings is 3. The predicted molar refractivity (Wildman–Crippen MR) is 112 cm³/mol. The van der Waals surface area contributed by atoms with E-state index < -0.39 is 0 Å². The number of hydrogen-bond donors (Lipinski definition) is 2. The molecule has 0 fully saturated rings. The maximum absolute atomic E-state index is 12.3.